The standard InChI is InChI=1S/C21H22N2O2S/c1-3-4-13-25-19-11-7-17(8-12-19)21(24)23-18-9-5-16(6-10-18)20-14-26-15(2)22-20/h5-12,14H,3-4,13H2,1-2H3,(H,23,24). The van der Waals surface area contributed by atoms with E-state index in [-0.39, 0.29) is 5.91 Å². The number of rotatable bonds is 7. The second-order valence-corrected chi connectivity index (χ2v) is 7.07. The van der Waals surface area contributed by atoms with Gasteiger partial charge in [0, 0.05) is 22.2 Å². The van der Waals surface area contributed by atoms with Gasteiger partial charge in [0.25, 0.3) is 5.91 Å². The minimum atomic E-state index is -0.137. The number of amides is 1. The molecule has 4 nitrogen and oxygen atoms in total. The molecule has 1 aromatic heterocycles. The highest BCUT2D eigenvalue weighted by Gasteiger charge is 2.07. The molecule has 1 heterocycles. The van der Waals surface area contributed by atoms with Crippen LogP contribution in [0.15, 0.2) is 53.9 Å². The molecular formula is C21H22N2O2S. The van der Waals surface area contributed by atoms with Crippen molar-refractivity contribution in [2.45, 2.75) is 26.7 Å². The molecule has 0 spiro atoms. The molecule has 0 aliphatic heterocycles. The number of nitrogens with zero attached hydrogens (tertiary/aromatic N) is 1. The summed E-state index contributed by atoms with van der Waals surface area (Å²) >= 11 is 1.63. The van der Waals surface area contributed by atoms with Crippen molar-refractivity contribution >= 4 is 22.9 Å². The fraction of sp³-hybridized carbons (Fsp3) is 0.238. The van der Waals surface area contributed by atoms with Gasteiger partial charge in [-0.1, -0.05) is 25.5 Å². The first kappa shape index (κ1) is 18.1. The molecule has 3 aromatic rings. The second kappa shape index (κ2) is 8.63. The first-order valence-corrected chi connectivity index (χ1v) is 9.60. The van der Waals surface area contributed by atoms with Gasteiger partial charge < -0.3 is 10.1 Å². The molecule has 1 amide bonds. The normalized spacial score (nSPS) is 10.5. The molecule has 0 atom stereocenters. The average Bonchev–Trinajstić information content (AvgIpc) is 3.09. The molecule has 0 radical (unpaired) electrons. The zero-order chi connectivity index (χ0) is 18.4. The van der Waals surface area contributed by atoms with Crippen LogP contribution in [0, 0.1) is 6.92 Å². The second-order valence-electron chi connectivity index (χ2n) is 6.01. The first-order chi connectivity index (χ1) is 12.7. The number of carbonyl (C=O) groups is 1. The van der Waals surface area contributed by atoms with Crippen molar-refractivity contribution in [3.8, 4) is 17.0 Å². The van der Waals surface area contributed by atoms with Crippen LogP contribution in [0.1, 0.15) is 35.1 Å². The van der Waals surface area contributed by atoms with Crippen LogP contribution in [0.25, 0.3) is 11.3 Å². The quantitative estimate of drug-likeness (QED) is 0.558. The van der Waals surface area contributed by atoms with E-state index in [4.69, 9.17) is 4.74 Å². The number of benzene rings is 2. The van der Waals surface area contributed by atoms with Gasteiger partial charge in [0.1, 0.15) is 5.75 Å². The number of hydrogen-bond acceptors (Lipinski definition) is 4. The number of aryl methyl sites for hydroxylation is 1. The van der Waals surface area contributed by atoms with E-state index >= 15 is 0 Å². The summed E-state index contributed by atoms with van der Waals surface area (Å²) in [5.74, 6) is 0.653. The fourth-order valence-electron chi connectivity index (χ4n) is 2.46. The maximum Gasteiger partial charge on any atom is 0.255 e. The number of nitrogens with one attached hydrogen (secondary N) is 1. The van der Waals surface area contributed by atoms with Crippen molar-refractivity contribution in [1.82, 2.24) is 4.98 Å². The van der Waals surface area contributed by atoms with Gasteiger partial charge in [-0.2, -0.15) is 0 Å². The number of ether oxygens (including phenoxy) is 1. The van der Waals surface area contributed by atoms with E-state index in [0.29, 0.717) is 12.2 Å². The van der Waals surface area contributed by atoms with Crippen LogP contribution < -0.4 is 10.1 Å². The maximum absolute atomic E-state index is 12.4. The topological polar surface area (TPSA) is 51.2 Å². The third-order valence-corrected chi connectivity index (χ3v) is 4.71. The van der Waals surface area contributed by atoms with E-state index in [2.05, 4.69) is 17.2 Å². The predicted octanol–water partition coefficient (Wildman–Crippen LogP) is 5.55. The van der Waals surface area contributed by atoms with E-state index in [0.717, 1.165) is 40.5 Å². The van der Waals surface area contributed by atoms with Gasteiger partial charge in [0.05, 0.1) is 17.3 Å². The molecule has 2 aromatic carbocycles. The van der Waals surface area contributed by atoms with E-state index in [1.165, 1.54) is 0 Å². The summed E-state index contributed by atoms with van der Waals surface area (Å²) in [6.07, 6.45) is 2.13. The van der Waals surface area contributed by atoms with E-state index < -0.39 is 0 Å². The Hall–Kier alpha value is -2.66. The lowest BCUT2D eigenvalue weighted by Crippen LogP contribution is -2.11. The van der Waals surface area contributed by atoms with Gasteiger partial charge in [-0.3, -0.25) is 4.79 Å². The Labute approximate surface area is 157 Å². The Kier molecular flexibility index (Phi) is 6.02. The van der Waals surface area contributed by atoms with Crippen LogP contribution in [0.3, 0.4) is 0 Å². The van der Waals surface area contributed by atoms with E-state index in [1.807, 2.05) is 48.7 Å². The number of anilines is 1. The van der Waals surface area contributed by atoms with Crippen LogP contribution in [-0.4, -0.2) is 17.5 Å². The van der Waals surface area contributed by atoms with Crippen molar-refractivity contribution in [2.75, 3.05) is 11.9 Å². The average molecular weight is 366 g/mol. The molecule has 1 N–H and O–H groups in total. The number of carbonyl (C=O) groups excluding carboxylic acids is 1. The van der Waals surface area contributed by atoms with Crippen molar-refractivity contribution in [1.29, 1.82) is 0 Å². The van der Waals surface area contributed by atoms with Gasteiger partial charge >= 0.3 is 0 Å². The molecule has 0 fully saturated rings. The molecule has 3 rings (SSSR count). The SMILES string of the molecule is CCCCOc1ccc(C(=O)Nc2ccc(-c3csc(C)n3)cc2)cc1. The number of thiazole rings is 1. The Morgan fingerprint density at radius 3 is 2.46 bits per heavy atom. The summed E-state index contributed by atoms with van der Waals surface area (Å²) in [7, 11) is 0. The van der Waals surface area contributed by atoms with Gasteiger partial charge in [-0.25, -0.2) is 4.98 Å². The smallest absolute Gasteiger partial charge is 0.255 e. The van der Waals surface area contributed by atoms with Gasteiger partial charge in [0.2, 0.25) is 0 Å². The summed E-state index contributed by atoms with van der Waals surface area (Å²) in [5.41, 5.74) is 3.37. The molecule has 0 saturated carbocycles. The van der Waals surface area contributed by atoms with Gasteiger partial charge in [0.15, 0.2) is 0 Å². The summed E-state index contributed by atoms with van der Waals surface area (Å²) in [6, 6.07) is 14.9. The Morgan fingerprint density at radius 1 is 1.12 bits per heavy atom. The minimum absolute atomic E-state index is 0.137. The molecule has 0 aliphatic rings. The summed E-state index contributed by atoms with van der Waals surface area (Å²) in [4.78, 5) is 16.9. The Bertz CT molecular complexity index is 854. The lowest BCUT2D eigenvalue weighted by Gasteiger charge is -2.08. The summed E-state index contributed by atoms with van der Waals surface area (Å²) in [5, 5.41) is 5.99. The third-order valence-electron chi connectivity index (χ3n) is 3.94. The van der Waals surface area contributed by atoms with Crippen molar-refractivity contribution in [3.63, 3.8) is 0 Å². The Morgan fingerprint density at radius 2 is 1.85 bits per heavy atom. The van der Waals surface area contributed by atoms with Gasteiger partial charge in [-0.05, 0) is 49.7 Å². The first-order valence-electron chi connectivity index (χ1n) is 8.72. The zero-order valence-electron chi connectivity index (χ0n) is 15.0. The third kappa shape index (κ3) is 4.70. The highest BCUT2D eigenvalue weighted by Crippen LogP contribution is 2.23. The largest absolute Gasteiger partial charge is 0.494 e. The zero-order valence-corrected chi connectivity index (χ0v) is 15.8. The van der Waals surface area contributed by atoms with Crippen LogP contribution in [0.5, 0.6) is 5.75 Å². The lowest BCUT2D eigenvalue weighted by atomic mass is 10.1. The number of hydrogen-bond donors (Lipinski definition) is 1. The van der Waals surface area contributed by atoms with Crippen LogP contribution >= 0.6 is 11.3 Å². The Balaban J connectivity index is 1.60. The van der Waals surface area contributed by atoms with Crippen molar-refractivity contribution in [3.05, 3.63) is 64.5 Å². The van der Waals surface area contributed by atoms with Crippen LogP contribution in [-0.2, 0) is 0 Å². The maximum atomic E-state index is 12.4. The van der Waals surface area contributed by atoms with Crippen molar-refractivity contribution in [2.24, 2.45) is 0 Å². The predicted molar refractivity (Wildman–Crippen MR) is 107 cm³/mol. The molecule has 26 heavy (non-hydrogen) atoms. The molecule has 0 saturated heterocycles. The summed E-state index contributed by atoms with van der Waals surface area (Å²) in [6.45, 7) is 4.82. The van der Waals surface area contributed by atoms with Crippen molar-refractivity contribution < 1.29 is 9.53 Å². The van der Waals surface area contributed by atoms with E-state index in [9.17, 15) is 4.79 Å². The molecule has 0 unspecified atom stereocenters. The number of unbranched alkanes of at least 4 members (excludes halogenated alkanes) is 1. The minimum Gasteiger partial charge on any atom is -0.494 e. The molecule has 5 heteroatoms. The molecule has 134 valence electrons. The van der Waals surface area contributed by atoms with Crippen LogP contribution in [0.4, 0.5) is 5.69 Å². The highest BCUT2D eigenvalue weighted by molar-refractivity contribution is 7.09. The summed E-state index contributed by atoms with van der Waals surface area (Å²) < 4.78 is 5.62. The molecule has 0 aliphatic carbocycles. The van der Waals surface area contributed by atoms with Gasteiger partial charge in [-0.15, -0.1) is 11.3 Å². The lowest BCUT2D eigenvalue weighted by molar-refractivity contribution is 0.102. The van der Waals surface area contributed by atoms with Crippen LogP contribution in [0.2, 0.25) is 0 Å². The number of aromatic nitrogens is 1. The van der Waals surface area contributed by atoms with E-state index in [1.54, 1.807) is 23.5 Å². The fourth-order valence-corrected chi connectivity index (χ4v) is 3.08. The highest BCUT2D eigenvalue weighted by atomic mass is 32.1. The molecular weight excluding hydrogens is 344 g/mol. The molecule has 0 bridgehead atoms. The monoisotopic (exact) mass is 366 g/mol.